The zero-order chi connectivity index (χ0) is 13.7. The second-order valence-corrected chi connectivity index (χ2v) is 5.17. The Hall–Kier alpha value is -1.14. The van der Waals surface area contributed by atoms with E-state index in [0.29, 0.717) is 12.5 Å². The second-order valence-electron chi connectivity index (χ2n) is 5.17. The molecule has 3 N–H and O–H groups in total. The molecule has 1 heterocycles. The van der Waals surface area contributed by atoms with Gasteiger partial charge in [0.2, 0.25) is 5.91 Å². The molecule has 0 aromatic carbocycles. The number of aliphatic carboxylic acids is 1. The molecular formula is C12H23N3O3. The predicted octanol–water partition coefficient (Wildman–Crippen LogP) is -0.411. The molecule has 1 aliphatic heterocycles. The van der Waals surface area contributed by atoms with Crippen LogP contribution < -0.4 is 5.73 Å². The molecule has 1 amide bonds. The van der Waals surface area contributed by atoms with E-state index in [1.54, 1.807) is 11.9 Å². The van der Waals surface area contributed by atoms with Gasteiger partial charge in [0.1, 0.15) is 0 Å². The van der Waals surface area contributed by atoms with Crippen molar-refractivity contribution < 1.29 is 14.7 Å². The van der Waals surface area contributed by atoms with Crippen LogP contribution in [0.25, 0.3) is 0 Å². The summed E-state index contributed by atoms with van der Waals surface area (Å²) in [5.74, 6) is -0.702. The quantitative estimate of drug-likeness (QED) is 0.675. The van der Waals surface area contributed by atoms with Crippen LogP contribution in [0.15, 0.2) is 0 Å². The number of carboxylic acids is 1. The average Bonchev–Trinajstić information content (AvgIpc) is 2.70. The van der Waals surface area contributed by atoms with E-state index in [9.17, 15) is 9.59 Å². The molecule has 104 valence electrons. The monoisotopic (exact) mass is 257 g/mol. The minimum atomic E-state index is -1.04. The Kier molecular flexibility index (Phi) is 5.55. The van der Waals surface area contributed by atoms with Gasteiger partial charge < -0.3 is 20.6 Å². The van der Waals surface area contributed by atoms with Gasteiger partial charge in [0.15, 0.2) is 0 Å². The Morgan fingerprint density at radius 3 is 2.72 bits per heavy atom. The number of carbonyl (C=O) groups is 2. The third-order valence-electron chi connectivity index (χ3n) is 3.45. The van der Waals surface area contributed by atoms with Crippen molar-refractivity contribution in [1.29, 1.82) is 0 Å². The summed E-state index contributed by atoms with van der Waals surface area (Å²) in [6.07, 6.45) is 1.81. The molecule has 0 aliphatic carbocycles. The number of amides is 1. The number of hydrogen-bond acceptors (Lipinski definition) is 4. The molecule has 1 aliphatic rings. The molecular weight excluding hydrogens is 234 g/mol. The van der Waals surface area contributed by atoms with Crippen LogP contribution in [0.1, 0.15) is 19.3 Å². The standard InChI is InChI=1S/C12H23N3O3/c1-14-5-3-9(8-14)4-6-15(2)12(18)10(13)7-11(16)17/h9-10H,3-8,13H2,1-2H3,(H,16,17). The first kappa shape index (κ1) is 14.9. The van der Waals surface area contributed by atoms with Crippen molar-refractivity contribution in [2.75, 3.05) is 33.7 Å². The summed E-state index contributed by atoms with van der Waals surface area (Å²) < 4.78 is 0. The Balaban J connectivity index is 2.29. The normalized spacial score (nSPS) is 21.8. The van der Waals surface area contributed by atoms with E-state index in [2.05, 4.69) is 11.9 Å². The first-order valence-corrected chi connectivity index (χ1v) is 6.31. The number of carboxylic acid groups (broad SMARTS) is 1. The van der Waals surface area contributed by atoms with Crippen LogP contribution in [0, 0.1) is 5.92 Å². The van der Waals surface area contributed by atoms with Crippen molar-refractivity contribution in [2.45, 2.75) is 25.3 Å². The van der Waals surface area contributed by atoms with Gasteiger partial charge in [0.05, 0.1) is 12.5 Å². The molecule has 0 bridgehead atoms. The minimum Gasteiger partial charge on any atom is -0.481 e. The highest BCUT2D eigenvalue weighted by Crippen LogP contribution is 2.18. The number of likely N-dealkylation sites (N-methyl/N-ethyl adjacent to an activating group) is 1. The third-order valence-corrected chi connectivity index (χ3v) is 3.45. The number of nitrogens with two attached hydrogens (primary N) is 1. The van der Waals surface area contributed by atoms with E-state index in [-0.39, 0.29) is 12.3 Å². The number of hydrogen-bond donors (Lipinski definition) is 2. The fourth-order valence-corrected chi connectivity index (χ4v) is 2.31. The molecule has 0 spiro atoms. The maximum Gasteiger partial charge on any atom is 0.305 e. The van der Waals surface area contributed by atoms with Gasteiger partial charge >= 0.3 is 5.97 Å². The van der Waals surface area contributed by atoms with Crippen molar-refractivity contribution >= 4 is 11.9 Å². The summed E-state index contributed by atoms with van der Waals surface area (Å²) in [6, 6.07) is -0.932. The summed E-state index contributed by atoms with van der Waals surface area (Å²) in [7, 11) is 3.78. The third kappa shape index (κ3) is 4.62. The van der Waals surface area contributed by atoms with E-state index in [0.717, 1.165) is 19.5 Å². The number of rotatable bonds is 6. The lowest BCUT2D eigenvalue weighted by Gasteiger charge is -2.22. The minimum absolute atomic E-state index is 0.288. The molecule has 2 atom stereocenters. The molecule has 6 nitrogen and oxygen atoms in total. The summed E-state index contributed by atoms with van der Waals surface area (Å²) in [6.45, 7) is 2.83. The van der Waals surface area contributed by atoms with Crippen molar-refractivity contribution in [2.24, 2.45) is 11.7 Å². The molecule has 0 aromatic rings. The zero-order valence-electron chi connectivity index (χ0n) is 11.1. The Morgan fingerprint density at radius 2 is 2.22 bits per heavy atom. The van der Waals surface area contributed by atoms with Crippen LogP contribution in [-0.4, -0.2) is 66.6 Å². The topological polar surface area (TPSA) is 86.9 Å². The number of carbonyl (C=O) groups excluding carboxylic acids is 1. The van der Waals surface area contributed by atoms with Crippen LogP contribution >= 0.6 is 0 Å². The predicted molar refractivity (Wildman–Crippen MR) is 68.1 cm³/mol. The summed E-state index contributed by atoms with van der Waals surface area (Å²) in [4.78, 5) is 26.1. The second kappa shape index (κ2) is 6.70. The Morgan fingerprint density at radius 1 is 1.56 bits per heavy atom. The SMILES string of the molecule is CN1CCC(CCN(C)C(=O)C(N)CC(=O)O)C1. The lowest BCUT2D eigenvalue weighted by molar-refractivity contribution is -0.141. The molecule has 6 heteroatoms. The van der Waals surface area contributed by atoms with E-state index in [4.69, 9.17) is 10.8 Å². The molecule has 0 radical (unpaired) electrons. The summed E-state index contributed by atoms with van der Waals surface area (Å²) in [5.41, 5.74) is 5.54. The smallest absolute Gasteiger partial charge is 0.305 e. The molecule has 1 fully saturated rings. The molecule has 1 saturated heterocycles. The molecule has 18 heavy (non-hydrogen) atoms. The first-order valence-electron chi connectivity index (χ1n) is 6.31. The van der Waals surface area contributed by atoms with Gasteiger partial charge in [0, 0.05) is 20.1 Å². The van der Waals surface area contributed by atoms with Gasteiger partial charge in [0.25, 0.3) is 0 Å². The highest BCUT2D eigenvalue weighted by molar-refractivity contribution is 5.85. The van der Waals surface area contributed by atoms with Gasteiger partial charge in [-0.15, -0.1) is 0 Å². The van der Waals surface area contributed by atoms with Crippen LogP contribution in [0.2, 0.25) is 0 Å². The molecule has 0 saturated carbocycles. The summed E-state index contributed by atoms with van der Waals surface area (Å²) >= 11 is 0. The fourth-order valence-electron chi connectivity index (χ4n) is 2.31. The van der Waals surface area contributed by atoms with Crippen LogP contribution in [0.5, 0.6) is 0 Å². The van der Waals surface area contributed by atoms with E-state index >= 15 is 0 Å². The van der Waals surface area contributed by atoms with Crippen LogP contribution in [0.3, 0.4) is 0 Å². The van der Waals surface area contributed by atoms with Crippen molar-refractivity contribution in [1.82, 2.24) is 9.80 Å². The summed E-state index contributed by atoms with van der Waals surface area (Å²) in [5, 5.41) is 8.59. The molecule has 2 unspecified atom stereocenters. The van der Waals surface area contributed by atoms with Crippen molar-refractivity contribution in [3.05, 3.63) is 0 Å². The first-order chi connectivity index (χ1) is 8.40. The maximum atomic E-state index is 11.8. The number of likely N-dealkylation sites (tertiary alicyclic amines) is 1. The van der Waals surface area contributed by atoms with E-state index in [1.807, 2.05) is 0 Å². The van der Waals surface area contributed by atoms with Gasteiger partial charge in [-0.05, 0) is 32.4 Å². The van der Waals surface area contributed by atoms with E-state index < -0.39 is 12.0 Å². The van der Waals surface area contributed by atoms with Crippen molar-refractivity contribution in [3.8, 4) is 0 Å². The van der Waals surface area contributed by atoms with E-state index in [1.165, 1.54) is 6.42 Å². The van der Waals surface area contributed by atoms with Gasteiger partial charge in [-0.3, -0.25) is 9.59 Å². The zero-order valence-corrected chi connectivity index (χ0v) is 11.1. The maximum absolute atomic E-state index is 11.8. The highest BCUT2D eigenvalue weighted by Gasteiger charge is 2.23. The lowest BCUT2D eigenvalue weighted by atomic mass is 10.0. The Labute approximate surface area is 108 Å². The lowest BCUT2D eigenvalue weighted by Crippen LogP contribution is -2.43. The van der Waals surface area contributed by atoms with Gasteiger partial charge in [-0.1, -0.05) is 0 Å². The van der Waals surface area contributed by atoms with Crippen molar-refractivity contribution in [3.63, 3.8) is 0 Å². The van der Waals surface area contributed by atoms with Gasteiger partial charge in [-0.2, -0.15) is 0 Å². The molecule has 0 aromatic heterocycles. The van der Waals surface area contributed by atoms with Crippen LogP contribution in [0.4, 0.5) is 0 Å². The Bertz CT molecular complexity index is 309. The average molecular weight is 257 g/mol. The fraction of sp³-hybridized carbons (Fsp3) is 0.833. The highest BCUT2D eigenvalue weighted by atomic mass is 16.4. The number of nitrogens with zero attached hydrogens (tertiary/aromatic N) is 2. The largest absolute Gasteiger partial charge is 0.481 e. The molecule has 1 rings (SSSR count). The van der Waals surface area contributed by atoms with Gasteiger partial charge in [-0.25, -0.2) is 0 Å². The van der Waals surface area contributed by atoms with Crippen LogP contribution in [-0.2, 0) is 9.59 Å².